The molecule has 0 aliphatic carbocycles. The van der Waals surface area contributed by atoms with Crippen LogP contribution in [0.5, 0.6) is 0 Å². The van der Waals surface area contributed by atoms with Crippen LogP contribution in [0.15, 0.2) is 24.3 Å². The fourth-order valence-electron chi connectivity index (χ4n) is 3.13. The van der Waals surface area contributed by atoms with Gasteiger partial charge >= 0.3 is 0 Å². The minimum Gasteiger partial charge on any atom is -0.313 e. The Bertz CT molecular complexity index is 635. The zero-order valence-electron chi connectivity index (χ0n) is 12.7. The second-order valence-electron chi connectivity index (χ2n) is 6.00. The maximum atomic E-state index is 6.53. The molecule has 0 bridgehead atoms. The summed E-state index contributed by atoms with van der Waals surface area (Å²) >= 11 is 6.53. The molecule has 1 aliphatic rings. The third-order valence-electron chi connectivity index (χ3n) is 4.26. The molecular weight excluding hydrogens is 282 g/mol. The van der Waals surface area contributed by atoms with Crippen molar-refractivity contribution in [2.24, 2.45) is 0 Å². The summed E-state index contributed by atoms with van der Waals surface area (Å²) in [6.07, 6.45) is 2.55. The van der Waals surface area contributed by atoms with Gasteiger partial charge in [0.05, 0.1) is 16.2 Å². The Labute approximate surface area is 131 Å². The maximum Gasteiger partial charge on any atom is 0.0740 e. The predicted molar refractivity (Wildman–Crippen MR) is 88.8 cm³/mol. The van der Waals surface area contributed by atoms with Crippen molar-refractivity contribution >= 4 is 22.5 Å². The summed E-state index contributed by atoms with van der Waals surface area (Å²) in [5.74, 6) is 0. The number of hydrogen-bond acceptors (Lipinski definition) is 3. The highest BCUT2D eigenvalue weighted by Gasteiger charge is 2.17. The van der Waals surface area contributed by atoms with Gasteiger partial charge in [0, 0.05) is 24.5 Å². The van der Waals surface area contributed by atoms with Gasteiger partial charge in [0.2, 0.25) is 0 Å². The highest BCUT2D eigenvalue weighted by molar-refractivity contribution is 6.32. The lowest BCUT2D eigenvalue weighted by molar-refractivity contribution is 0.290. The number of likely N-dealkylation sites (N-methyl/N-ethyl adjacent to an activating group) is 1. The summed E-state index contributed by atoms with van der Waals surface area (Å²) in [4.78, 5) is 7.07. The van der Waals surface area contributed by atoms with Gasteiger partial charge in [0.1, 0.15) is 0 Å². The highest BCUT2D eigenvalue weighted by Crippen LogP contribution is 2.27. The fourth-order valence-corrected chi connectivity index (χ4v) is 3.33. The number of aryl methyl sites for hydroxylation is 1. The minimum atomic E-state index is 0.607. The molecule has 3 nitrogen and oxygen atoms in total. The summed E-state index contributed by atoms with van der Waals surface area (Å²) < 4.78 is 0. The van der Waals surface area contributed by atoms with E-state index in [1.54, 1.807) is 0 Å². The van der Waals surface area contributed by atoms with Crippen LogP contribution in [0.1, 0.15) is 24.1 Å². The predicted octanol–water partition coefficient (Wildman–Crippen LogP) is 3.38. The smallest absolute Gasteiger partial charge is 0.0740 e. The molecule has 2 aromatic rings. The molecule has 1 atom stereocenters. The normalized spacial score (nSPS) is 18.8. The van der Waals surface area contributed by atoms with Crippen molar-refractivity contribution < 1.29 is 0 Å². The number of hydrogen-bond donors (Lipinski definition) is 1. The lowest BCUT2D eigenvalue weighted by atomic mass is 10.1. The number of nitrogens with zero attached hydrogens (tertiary/aromatic N) is 2. The average Bonchev–Trinajstić information content (AvgIpc) is 2.97. The number of aromatic nitrogens is 1. The van der Waals surface area contributed by atoms with Crippen molar-refractivity contribution in [2.75, 3.05) is 20.1 Å². The standard InChI is InChI=1S/C17H22ClN3/c1-12-14-7-3-4-8-15(14)20-16(17(12)18)11-21(2)10-13-6-5-9-19-13/h3-4,7-8,13,19H,5-6,9-11H2,1-2H3. The molecule has 1 aromatic carbocycles. The second kappa shape index (κ2) is 6.30. The molecule has 112 valence electrons. The number of benzene rings is 1. The van der Waals surface area contributed by atoms with Gasteiger partial charge in [-0.1, -0.05) is 29.8 Å². The van der Waals surface area contributed by atoms with E-state index in [1.165, 1.54) is 12.8 Å². The third-order valence-corrected chi connectivity index (χ3v) is 4.76. The Balaban J connectivity index is 1.81. The zero-order valence-corrected chi connectivity index (χ0v) is 13.5. The van der Waals surface area contributed by atoms with Gasteiger partial charge < -0.3 is 5.32 Å². The van der Waals surface area contributed by atoms with Crippen LogP contribution in [0, 0.1) is 6.92 Å². The molecule has 0 spiro atoms. The van der Waals surface area contributed by atoms with E-state index in [0.717, 1.165) is 46.8 Å². The molecule has 4 heteroatoms. The van der Waals surface area contributed by atoms with E-state index in [2.05, 4.69) is 36.3 Å². The van der Waals surface area contributed by atoms with Gasteiger partial charge in [-0.25, -0.2) is 4.98 Å². The summed E-state index contributed by atoms with van der Waals surface area (Å²) in [5.41, 5.74) is 3.14. The number of fused-ring (bicyclic) bond motifs is 1. The van der Waals surface area contributed by atoms with E-state index < -0.39 is 0 Å². The molecule has 1 unspecified atom stereocenters. The Morgan fingerprint density at radius 1 is 1.38 bits per heavy atom. The molecular formula is C17H22ClN3. The van der Waals surface area contributed by atoms with Crippen LogP contribution in [0.25, 0.3) is 10.9 Å². The third kappa shape index (κ3) is 3.20. The molecule has 21 heavy (non-hydrogen) atoms. The van der Waals surface area contributed by atoms with Gasteiger partial charge in [-0.3, -0.25) is 4.90 Å². The Morgan fingerprint density at radius 2 is 2.19 bits per heavy atom. The van der Waals surface area contributed by atoms with Crippen LogP contribution in [0.4, 0.5) is 0 Å². The molecule has 0 amide bonds. The van der Waals surface area contributed by atoms with Gasteiger partial charge in [-0.05, 0) is 45.0 Å². The molecule has 1 saturated heterocycles. The molecule has 1 fully saturated rings. The quantitative estimate of drug-likeness (QED) is 0.938. The largest absolute Gasteiger partial charge is 0.313 e. The molecule has 2 heterocycles. The lowest BCUT2D eigenvalue weighted by Crippen LogP contribution is -2.35. The zero-order chi connectivity index (χ0) is 14.8. The number of rotatable bonds is 4. The molecule has 0 radical (unpaired) electrons. The monoisotopic (exact) mass is 303 g/mol. The number of nitrogens with one attached hydrogen (secondary N) is 1. The minimum absolute atomic E-state index is 0.607. The van der Waals surface area contributed by atoms with Crippen molar-refractivity contribution in [1.82, 2.24) is 15.2 Å². The van der Waals surface area contributed by atoms with Crippen LogP contribution < -0.4 is 5.32 Å². The van der Waals surface area contributed by atoms with Crippen LogP contribution in [-0.4, -0.2) is 36.1 Å². The van der Waals surface area contributed by atoms with E-state index in [-0.39, 0.29) is 0 Å². The van der Waals surface area contributed by atoms with Gasteiger partial charge in [0.15, 0.2) is 0 Å². The molecule has 0 saturated carbocycles. The highest BCUT2D eigenvalue weighted by atomic mass is 35.5. The van der Waals surface area contributed by atoms with Gasteiger partial charge in [-0.2, -0.15) is 0 Å². The van der Waals surface area contributed by atoms with Crippen molar-refractivity contribution in [2.45, 2.75) is 32.4 Å². The molecule has 1 aromatic heterocycles. The Hall–Kier alpha value is -1.16. The van der Waals surface area contributed by atoms with Crippen LogP contribution in [0.3, 0.4) is 0 Å². The maximum absolute atomic E-state index is 6.53. The number of para-hydroxylation sites is 1. The Morgan fingerprint density at radius 3 is 2.95 bits per heavy atom. The van der Waals surface area contributed by atoms with Gasteiger partial charge in [0.25, 0.3) is 0 Å². The lowest BCUT2D eigenvalue weighted by Gasteiger charge is -2.21. The van der Waals surface area contributed by atoms with E-state index >= 15 is 0 Å². The molecule has 1 N–H and O–H groups in total. The van der Waals surface area contributed by atoms with Crippen molar-refractivity contribution in [3.63, 3.8) is 0 Å². The first kappa shape index (κ1) is 14.8. The first-order valence-corrected chi connectivity index (χ1v) is 7.98. The first-order valence-electron chi connectivity index (χ1n) is 7.61. The Kier molecular flexibility index (Phi) is 4.43. The average molecular weight is 304 g/mol. The van der Waals surface area contributed by atoms with Crippen molar-refractivity contribution in [3.8, 4) is 0 Å². The summed E-state index contributed by atoms with van der Waals surface area (Å²) in [6, 6.07) is 8.80. The number of pyridine rings is 1. The van der Waals surface area contributed by atoms with E-state index in [1.807, 2.05) is 12.1 Å². The van der Waals surface area contributed by atoms with Crippen molar-refractivity contribution in [3.05, 3.63) is 40.5 Å². The first-order chi connectivity index (χ1) is 10.1. The second-order valence-corrected chi connectivity index (χ2v) is 6.38. The van der Waals surface area contributed by atoms with Crippen LogP contribution in [-0.2, 0) is 6.54 Å². The van der Waals surface area contributed by atoms with Crippen LogP contribution >= 0.6 is 11.6 Å². The SMILES string of the molecule is Cc1c(Cl)c(CN(C)CC2CCCN2)nc2ccccc12. The van der Waals surface area contributed by atoms with Gasteiger partial charge in [-0.15, -0.1) is 0 Å². The molecule has 1 aliphatic heterocycles. The van der Waals surface area contributed by atoms with E-state index in [4.69, 9.17) is 16.6 Å². The topological polar surface area (TPSA) is 28.2 Å². The summed E-state index contributed by atoms with van der Waals surface area (Å²) in [6.45, 7) is 5.06. The van der Waals surface area contributed by atoms with E-state index in [0.29, 0.717) is 6.04 Å². The van der Waals surface area contributed by atoms with E-state index in [9.17, 15) is 0 Å². The van der Waals surface area contributed by atoms with Crippen LogP contribution in [0.2, 0.25) is 5.02 Å². The summed E-state index contributed by atoms with van der Waals surface area (Å²) in [5, 5.41) is 5.48. The fraction of sp³-hybridized carbons (Fsp3) is 0.471. The van der Waals surface area contributed by atoms with Crippen molar-refractivity contribution in [1.29, 1.82) is 0 Å². The molecule has 3 rings (SSSR count). The number of halogens is 1. The summed E-state index contributed by atoms with van der Waals surface area (Å²) in [7, 11) is 2.14.